The van der Waals surface area contributed by atoms with E-state index in [0.717, 1.165) is 12.0 Å². The lowest BCUT2D eigenvalue weighted by Gasteiger charge is -2.09. The number of halogens is 1. The molecule has 0 heterocycles. The number of hydrogen-bond acceptors (Lipinski definition) is 2. The minimum atomic E-state index is -0.396. The number of nitrogens with one attached hydrogen (secondary N) is 1. The molecule has 0 radical (unpaired) electrons. The maximum Gasteiger partial charge on any atom is 0.259 e. The monoisotopic (exact) mass is 337 g/mol. The highest BCUT2D eigenvalue weighted by atomic mass is 35.5. The Kier molecular flexibility index (Phi) is 4.82. The van der Waals surface area contributed by atoms with E-state index in [1.165, 1.54) is 23.8 Å². The Balaban J connectivity index is 1.77. The molecule has 3 aromatic rings. The van der Waals surface area contributed by atoms with Crippen molar-refractivity contribution >= 4 is 23.2 Å². The third-order valence-corrected chi connectivity index (χ3v) is 3.87. The molecule has 120 valence electrons. The van der Waals surface area contributed by atoms with Gasteiger partial charge in [0.15, 0.2) is 0 Å². The van der Waals surface area contributed by atoms with Crippen molar-refractivity contribution in [2.45, 2.75) is 6.42 Å². The summed E-state index contributed by atoms with van der Waals surface area (Å²) in [7, 11) is 0. The second-order valence-corrected chi connectivity index (χ2v) is 5.91. The normalized spacial score (nSPS) is 10.4. The highest BCUT2D eigenvalue weighted by Crippen LogP contribution is 2.23. The zero-order chi connectivity index (χ0) is 16.9. The van der Waals surface area contributed by atoms with Gasteiger partial charge in [-0.15, -0.1) is 0 Å². The van der Waals surface area contributed by atoms with Crippen molar-refractivity contribution in [1.29, 1.82) is 0 Å². The van der Waals surface area contributed by atoms with Crippen LogP contribution in [-0.2, 0) is 6.42 Å². The third-order valence-electron chi connectivity index (χ3n) is 3.64. The first-order valence-corrected chi connectivity index (χ1v) is 7.92. The molecule has 2 N–H and O–H groups in total. The molecule has 0 saturated heterocycles. The second kappa shape index (κ2) is 7.20. The Morgan fingerprint density at radius 2 is 1.67 bits per heavy atom. The van der Waals surface area contributed by atoms with E-state index in [9.17, 15) is 9.90 Å². The average Bonchev–Trinajstić information content (AvgIpc) is 2.58. The standard InChI is InChI=1S/C20H16ClNO2/c21-16-9-10-19(23)18(13-16)20(24)22-17-8-4-7-15(12-17)11-14-5-2-1-3-6-14/h1-10,12-13,23H,11H2,(H,22,24). The minimum Gasteiger partial charge on any atom is -0.507 e. The van der Waals surface area contributed by atoms with Gasteiger partial charge >= 0.3 is 0 Å². The van der Waals surface area contributed by atoms with Crippen molar-refractivity contribution in [3.63, 3.8) is 0 Å². The number of hydrogen-bond donors (Lipinski definition) is 2. The largest absolute Gasteiger partial charge is 0.507 e. The van der Waals surface area contributed by atoms with Crippen LogP contribution in [0.1, 0.15) is 21.5 Å². The van der Waals surface area contributed by atoms with Gasteiger partial charge in [0.2, 0.25) is 0 Å². The van der Waals surface area contributed by atoms with Gasteiger partial charge in [-0.3, -0.25) is 4.79 Å². The van der Waals surface area contributed by atoms with Crippen molar-refractivity contribution in [3.05, 3.63) is 94.5 Å². The molecule has 0 aliphatic carbocycles. The van der Waals surface area contributed by atoms with Crippen molar-refractivity contribution in [2.24, 2.45) is 0 Å². The molecule has 3 nitrogen and oxygen atoms in total. The molecule has 1 amide bonds. The lowest BCUT2D eigenvalue weighted by Crippen LogP contribution is -2.12. The van der Waals surface area contributed by atoms with E-state index in [1.807, 2.05) is 42.5 Å². The van der Waals surface area contributed by atoms with E-state index < -0.39 is 5.91 Å². The maximum atomic E-state index is 12.3. The topological polar surface area (TPSA) is 49.3 Å². The van der Waals surface area contributed by atoms with Crippen molar-refractivity contribution in [2.75, 3.05) is 5.32 Å². The molecule has 0 spiro atoms. The summed E-state index contributed by atoms with van der Waals surface area (Å²) in [5, 5.41) is 13.0. The molecule has 24 heavy (non-hydrogen) atoms. The highest BCUT2D eigenvalue weighted by Gasteiger charge is 2.12. The minimum absolute atomic E-state index is 0.0997. The summed E-state index contributed by atoms with van der Waals surface area (Å²) >= 11 is 5.89. The van der Waals surface area contributed by atoms with Crippen molar-refractivity contribution in [3.8, 4) is 5.75 Å². The van der Waals surface area contributed by atoms with Crippen LogP contribution in [0.2, 0.25) is 5.02 Å². The second-order valence-electron chi connectivity index (χ2n) is 5.48. The van der Waals surface area contributed by atoms with E-state index in [1.54, 1.807) is 0 Å². The molecule has 0 unspecified atom stereocenters. The number of carbonyl (C=O) groups is 1. The van der Waals surface area contributed by atoms with Gasteiger partial charge in [0.1, 0.15) is 5.75 Å². The molecule has 0 aromatic heterocycles. The molecule has 0 atom stereocenters. The number of amides is 1. The predicted molar refractivity (Wildman–Crippen MR) is 96.8 cm³/mol. The third kappa shape index (κ3) is 3.94. The summed E-state index contributed by atoms with van der Waals surface area (Å²) in [5.41, 5.74) is 3.12. The molecule has 0 bridgehead atoms. The van der Waals surface area contributed by atoms with Gasteiger partial charge in [-0.2, -0.15) is 0 Å². The molecule has 0 fully saturated rings. The lowest BCUT2D eigenvalue weighted by atomic mass is 10.0. The van der Waals surface area contributed by atoms with Crippen LogP contribution in [0.3, 0.4) is 0 Å². The summed E-state index contributed by atoms with van der Waals surface area (Å²) in [4.78, 5) is 12.3. The molecule has 0 saturated carbocycles. The molecule has 3 aromatic carbocycles. The maximum absolute atomic E-state index is 12.3. The van der Waals surface area contributed by atoms with E-state index in [2.05, 4.69) is 17.4 Å². The SMILES string of the molecule is O=C(Nc1cccc(Cc2ccccc2)c1)c1cc(Cl)ccc1O. The molecular formula is C20H16ClNO2. The fourth-order valence-electron chi connectivity index (χ4n) is 2.48. The van der Waals surface area contributed by atoms with E-state index >= 15 is 0 Å². The molecule has 0 aliphatic heterocycles. The number of rotatable bonds is 4. The first-order chi connectivity index (χ1) is 11.6. The first-order valence-electron chi connectivity index (χ1n) is 7.54. The van der Waals surface area contributed by atoms with Crippen molar-refractivity contribution in [1.82, 2.24) is 0 Å². The van der Waals surface area contributed by atoms with E-state index in [0.29, 0.717) is 10.7 Å². The van der Waals surface area contributed by atoms with E-state index in [4.69, 9.17) is 11.6 Å². The zero-order valence-electron chi connectivity index (χ0n) is 12.9. The van der Waals surface area contributed by atoms with Gasteiger partial charge in [-0.1, -0.05) is 54.1 Å². The van der Waals surface area contributed by atoms with Gasteiger partial charge in [0.05, 0.1) is 5.56 Å². The number of carbonyl (C=O) groups excluding carboxylic acids is 1. The Morgan fingerprint density at radius 3 is 2.46 bits per heavy atom. The van der Waals surface area contributed by atoms with Crippen LogP contribution < -0.4 is 5.32 Å². The summed E-state index contributed by atoms with van der Waals surface area (Å²) in [6.45, 7) is 0. The fraction of sp³-hybridized carbons (Fsp3) is 0.0500. The lowest BCUT2D eigenvalue weighted by molar-refractivity contribution is 0.102. The summed E-state index contributed by atoms with van der Waals surface area (Å²) in [6.07, 6.45) is 0.785. The molecular weight excluding hydrogens is 322 g/mol. The smallest absolute Gasteiger partial charge is 0.259 e. The molecule has 4 heteroatoms. The Morgan fingerprint density at radius 1 is 0.917 bits per heavy atom. The summed E-state index contributed by atoms with van der Waals surface area (Å²) in [6, 6.07) is 22.1. The number of phenols is 1. The Labute approximate surface area is 145 Å². The van der Waals surface area contributed by atoms with Gasteiger partial charge < -0.3 is 10.4 Å². The predicted octanol–water partition coefficient (Wildman–Crippen LogP) is 4.89. The van der Waals surface area contributed by atoms with Gasteiger partial charge in [0, 0.05) is 10.7 Å². The number of phenolic OH excluding ortho intramolecular Hbond substituents is 1. The first kappa shape index (κ1) is 16.1. The van der Waals surface area contributed by atoms with Crippen LogP contribution in [0.15, 0.2) is 72.8 Å². The molecule has 0 aliphatic rings. The van der Waals surface area contributed by atoms with Crippen LogP contribution in [0.4, 0.5) is 5.69 Å². The quantitative estimate of drug-likeness (QED) is 0.712. The summed E-state index contributed by atoms with van der Waals surface area (Å²) < 4.78 is 0. The number of benzene rings is 3. The van der Waals surface area contributed by atoms with Crippen LogP contribution in [0.5, 0.6) is 5.75 Å². The van der Waals surface area contributed by atoms with E-state index in [-0.39, 0.29) is 11.3 Å². The Bertz CT molecular complexity index is 863. The van der Waals surface area contributed by atoms with Crippen LogP contribution >= 0.6 is 11.6 Å². The summed E-state index contributed by atoms with van der Waals surface area (Å²) in [5.74, 6) is -0.496. The molecule has 3 rings (SSSR count). The van der Waals surface area contributed by atoms with Crippen LogP contribution in [0, 0.1) is 0 Å². The van der Waals surface area contributed by atoms with Crippen LogP contribution in [0.25, 0.3) is 0 Å². The van der Waals surface area contributed by atoms with Gasteiger partial charge in [-0.05, 0) is 47.9 Å². The zero-order valence-corrected chi connectivity index (χ0v) is 13.6. The van der Waals surface area contributed by atoms with Gasteiger partial charge in [-0.25, -0.2) is 0 Å². The number of aromatic hydroxyl groups is 1. The Hall–Kier alpha value is -2.78. The van der Waals surface area contributed by atoms with Gasteiger partial charge in [0.25, 0.3) is 5.91 Å². The van der Waals surface area contributed by atoms with Crippen LogP contribution in [-0.4, -0.2) is 11.0 Å². The highest BCUT2D eigenvalue weighted by molar-refractivity contribution is 6.31. The average molecular weight is 338 g/mol. The van der Waals surface area contributed by atoms with Crippen molar-refractivity contribution < 1.29 is 9.90 Å². The number of anilines is 1. The fourth-order valence-corrected chi connectivity index (χ4v) is 2.65.